The van der Waals surface area contributed by atoms with Gasteiger partial charge in [0.25, 0.3) is 5.91 Å². The molecule has 2 saturated heterocycles. The third kappa shape index (κ3) is 6.64. The number of amides is 3. The molecule has 3 aromatic rings. The van der Waals surface area contributed by atoms with E-state index in [-0.39, 0.29) is 24.3 Å². The van der Waals surface area contributed by atoms with Crippen LogP contribution in [0.15, 0.2) is 57.0 Å². The first-order chi connectivity index (χ1) is 19.4. The molecule has 40 heavy (non-hydrogen) atoms. The van der Waals surface area contributed by atoms with Crippen molar-refractivity contribution in [2.24, 2.45) is 4.99 Å². The molecule has 3 amide bonds. The summed E-state index contributed by atoms with van der Waals surface area (Å²) in [4.78, 5) is 52.0. The van der Waals surface area contributed by atoms with Gasteiger partial charge >= 0.3 is 0 Å². The summed E-state index contributed by atoms with van der Waals surface area (Å²) < 4.78 is 5.68. The van der Waals surface area contributed by atoms with Crippen LogP contribution in [0.3, 0.4) is 0 Å². The number of guanidine groups is 1. The molecule has 2 aliphatic heterocycles. The van der Waals surface area contributed by atoms with Crippen LogP contribution >= 0.6 is 11.8 Å². The molecule has 0 saturated carbocycles. The van der Waals surface area contributed by atoms with Crippen LogP contribution in [-0.4, -0.2) is 76.9 Å². The predicted molar refractivity (Wildman–Crippen MR) is 156 cm³/mol. The number of anilines is 1. The second-order valence-electron chi connectivity index (χ2n) is 10.1. The minimum atomic E-state index is -0.728. The van der Waals surface area contributed by atoms with Crippen molar-refractivity contribution >= 4 is 52.1 Å². The molecule has 210 valence electrons. The van der Waals surface area contributed by atoms with E-state index in [0.717, 1.165) is 60.5 Å². The number of hydrogen-bond acceptors (Lipinski definition) is 7. The Labute approximate surface area is 237 Å². The molecule has 0 bridgehead atoms. The lowest BCUT2D eigenvalue weighted by Crippen LogP contribution is -2.45. The average Bonchev–Trinajstić information content (AvgIpc) is 3.59. The summed E-state index contributed by atoms with van der Waals surface area (Å²) in [5, 5.41) is 7.75. The first kappa shape index (κ1) is 27.7. The molecule has 2 fully saturated rings. The number of nitrogens with one attached hydrogen (secondary N) is 2. The maximum absolute atomic E-state index is 13.6. The van der Waals surface area contributed by atoms with Crippen LogP contribution in [-0.2, 0) is 9.59 Å². The minimum Gasteiger partial charge on any atom is -0.461 e. The quantitative estimate of drug-likeness (QED) is 0.264. The Morgan fingerprint density at radius 1 is 1.10 bits per heavy atom. The van der Waals surface area contributed by atoms with E-state index in [9.17, 15) is 14.4 Å². The Hall–Kier alpha value is -3.86. The molecule has 2 aromatic heterocycles. The maximum atomic E-state index is 13.6. The summed E-state index contributed by atoms with van der Waals surface area (Å²) in [5.41, 5.74) is 1.81. The largest absolute Gasteiger partial charge is 0.461 e. The number of hydrogen-bond donors (Lipinski definition) is 2. The molecule has 4 heterocycles. The highest BCUT2D eigenvalue weighted by molar-refractivity contribution is 7.98. The van der Waals surface area contributed by atoms with Gasteiger partial charge in [-0.15, -0.1) is 11.8 Å². The second-order valence-corrected chi connectivity index (χ2v) is 10.9. The van der Waals surface area contributed by atoms with Gasteiger partial charge in [-0.25, -0.2) is 9.98 Å². The minimum absolute atomic E-state index is 0.0213. The normalized spacial score (nSPS) is 18.2. The highest BCUT2D eigenvalue weighted by Gasteiger charge is 2.30. The van der Waals surface area contributed by atoms with E-state index in [0.29, 0.717) is 24.2 Å². The molecule has 0 spiro atoms. The van der Waals surface area contributed by atoms with Crippen molar-refractivity contribution in [3.63, 3.8) is 0 Å². The van der Waals surface area contributed by atoms with E-state index >= 15 is 0 Å². The second kappa shape index (κ2) is 12.5. The van der Waals surface area contributed by atoms with Crippen LogP contribution in [0.2, 0.25) is 0 Å². The lowest BCUT2D eigenvalue weighted by molar-refractivity contribution is -0.140. The number of aryl methyl sites for hydroxylation is 1. The summed E-state index contributed by atoms with van der Waals surface area (Å²) in [6, 6.07) is 10.3. The fraction of sp³-hybridized carbons (Fsp3) is 0.414. The number of carbonyl (C=O) groups is 3. The third-order valence-electron chi connectivity index (χ3n) is 7.16. The molecular formula is C29H34N6O4S. The molecule has 2 N–H and O–H groups in total. The van der Waals surface area contributed by atoms with Crippen LogP contribution in [0.5, 0.6) is 0 Å². The molecule has 1 atom stereocenters. The van der Waals surface area contributed by atoms with E-state index in [1.807, 2.05) is 42.3 Å². The van der Waals surface area contributed by atoms with Gasteiger partial charge in [-0.1, -0.05) is 0 Å². The first-order valence-electron chi connectivity index (χ1n) is 13.6. The molecule has 11 heteroatoms. The van der Waals surface area contributed by atoms with Gasteiger partial charge in [-0.3, -0.25) is 19.7 Å². The standard InChI is InChI=1S/C29H34N6O4S/c1-19-15-21-16-22(9-10-24(21)39-19)31-29(33-27(37)20-8-11-25(40-2)30-17-20)32-23-7-3-4-14-35(28(23)38)18-26(36)34-12-5-6-13-34/h8-11,15-17,23H,3-7,12-14,18H2,1-2H3,(H2,31,32,33,37)/t23-/m0/s1. The number of aliphatic imine (C=N–C) groups is 1. The molecule has 0 unspecified atom stereocenters. The fourth-order valence-electron chi connectivity index (χ4n) is 5.05. The maximum Gasteiger partial charge on any atom is 0.259 e. The topological polar surface area (TPSA) is 120 Å². The monoisotopic (exact) mass is 562 g/mol. The SMILES string of the molecule is CSc1ccc(C(=O)NC(=N[C@H]2CCCCN(CC(=O)N3CCCC3)C2=O)Nc2ccc3oc(C)cc3c2)cn1. The summed E-state index contributed by atoms with van der Waals surface area (Å²) in [7, 11) is 0. The van der Waals surface area contributed by atoms with Gasteiger partial charge in [-0.2, -0.15) is 0 Å². The van der Waals surface area contributed by atoms with E-state index in [1.54, 1.807) is 17.0 Å². The molecule has 2 aliphatic rings. The predicted octanol–water partition coefficient (Wildman–Crippen LogP) is 4.06. The number of fused-ring (bicyclic) bond motifs is 1. The average molecular weight is 563 g/mol. The van der Waals surface area contributed by atoms with E-state index < -0.39 is 11.9 Å². The number of likely N-dealkylation sites (tertiary alicyclic amines) is 2. The fourth-order valence-corrected chi connectivity index (χ4v) is 5.41. The van der Waals surface area contributed by atoms with Crippen molar-refractivity contribution < 1.29 is 18.8 Å². The van der Waals surface area contributed by atoms with Crippen LogP contribution in [0, 0.1) is 6.92 Å². The number of pyridine rings is 1. The Morgan fingerprint density at radius 3 is 2.65 bits per heavy atom. The Balaban J connectivity index is 1.39. The Kier molecular flexibility index (Phi) is 8.69. The number of carbonyl (C=O) groups excluding carboxylic acids is 3. The van der Waals surface area contributed by atoms with Gasteiger partial charge in [0.05, 0.1) is 17.1 Å². The van der Waals surface area contributed by atoms with Crippen molar-refractivity contribution in [1.82, 2.24) is 20.1 Å². The van der Waals surface area contributed by atoms with Gasteiger partial charge in [0, 0.05) is 36.9 Å². The van der Waals surface area contributed by atoms with E-state index in [1.165, 1.54) is 18.0 Å². The van der Waals surface area contributed by atoms with Crippen molar-refractivity contribution in [1.29, 1.82) is 0 Å². The summed E-state index contributed by atoms with van der Waals surface area (Å²) >= 11 is 1.49. The van der Waals surface area contributed by atoms with Crippen LogP contribution in [0.4, 0.5) is 5.69 Å². The molecule has 0 radical (unpaired) electrons. The molecule has 0 aliphatic carbocycles. The van der Waals surface area contributed by atoms with Crippen molar-refractivity contribution in [2.45, 2.75) is 50.1 Å². The zero-order chi connectivity index (χ0) is 28.1. The zero-order valence-electron chi connectivity index (χ0n) is 22.8. The van der Waals surface area contributed by atoms with Crippen LogP contribution < -0.4 is 10.6 Å². The van der Waals surface area contributed by atoms with Crippen LogP contribution in [0.1, 0.15) is 48.2 Å². The van der Waals surface area contributed by atoms with Crippen molar-refractivity contribution in [3.8, 4) is 0 Å². The van der Waals surface area contributed by atoms with Gasteiger partial charge in [0.2, 0.25) is 17.8 Å². The van der Waals surface area contributed by atoms with Crippen molar-refractivity contribution in [3.05, 3.63) is 53.9 Å². The lowest BCUT2D eigenvalue weighted by Gasteiger charge is -2.25. The number of rotatable bonds is 6. The molecule has 1 aromatic carbocycles. The molecule has 10 nitrogen and oxygen atoms in total. The van der Waals surface area contributed by atoms with Gasteiger partial charge < -0.3 is 19.5 Å². The van der Waals surface area contributed by atoms with E-state index in [2.05, 4.69) is 15.6 Å². The number of benzene rings is 1. The Morgan fingerprint density at radius 2 is 1.90 bits per heavy atom. The highest BCUT2D eigenvalue weighted by Crippen LogP contribution is 2.23. The number of furan rings is 1. The summed E-state index contributed by atoms with van der Waals surface area (Å²) in [6.45, 7) is 3.95. The van der Waals surface area contributed by atoms with E-state index in [4.69, 9.17) is 9.41 Å². The number of thioether (sulfide) groups is 1. The molecular weight excluding hydrogens is 528 g/mol. The summed E-state index contributed by atoms with van der Waals surface area (Å²) in [6.07, 6.45) is 7.54. The number of aromatic nitrogens is 1. The lowest BCUT2D eigenvalue weighted by atomic mass is 10.1. The smallest absolute Gasteiger partial charge is 0.259 e. The Bertz CT molecular complexity index is 1410. The van der Waals surface area contributed by atoms with Gasteiger partial charge in [0.15, 0.2) is 0 Å². The highest BCUT2D eigenvalue weighted by atomic mass is 32.2. The van der Waals surface area contributed by atoms with Gasteiger partial charge in [-0.05, 0) is 81.7 Å². The summed E-state index contributed by atoms with van der Waals surface area (Å²) in [5.74, 6) is 0.332. The van der Waals surface area contributed by atoms with Gasteiger partial charge in [0.1, 0.15) is 17.4 Å². The number of nitrogens with zero attached hydrogens (tertiary/aromatic N) is 4. The zero-order valence-corrected chi connectivity index (χ0v) is 23.6. The van der Waals surface area contributed by atoms with Crippen molar-refractivity contribution in [2.75, 3.05) is 37.8 Å². The first-order valence-corrected chi connectivity index (χ1v) is 14.8. The molecule has 5 rings (SSSR count). The van der Waals surface area contributed by atoms with Crippen LogP contribution in [0.25, 0.3) is 11.0 Å². The third-order valence-corrected chi connectivity index (χ3v) is 7.82.